The molecule has 100 valence electrons. The van der Waals surface area contributed by atoms with Crippen LogP contribution in [-0.2, 0) is 16.0 Å². The zero-order chi connectivity index (χ0) is 13.7. The van der Waals surface area contributed by atoms with Crippen molar-refractivity contribution in [2.24, 2.45) is 5.73 Å². The Hall–Kier alpha value is -1.40. The van der Waals surface area contributed by atoms with E-state index in [2.05, 4.69) is 9.47 Å². The predicted octanol–water partition coefficient (Wildman–Crippen LogP) is 1.98. The minimum atomic E-state index is -2.96. The minimum absolute atomic E-state index is 0.00468. The van der Waals surface area contributed by atoms with E-state index in [0.29, 0.717) is 10.6 Å². The summed E-state index contributed by atoms with van der Waals surface area (Å²) in [6.07, 6.45) is -0.00468. The van der Waals surface area contributed by atoms with Gasteiger partial charge in [-0.15, -0.1) is 0 Å². The highest BCUT2D eigenvalue weighted by atomic mass is 35.5. The number of hydrogen-bond donors (Lipinski definition) is 1. The molecule has 1 aromatic carbocycles. The van der Waals surface area contributed by atoms with Crippen molar-refractivity contribution in [2.75, 3.05) is 7.11 Å². The van der Waals surface area contributed by atoms with Gasteiger partial charge in [0, 0.05) is 11.4 Å². The summed E-state index contributed by atoms with van der Waals surface area (Å²) in [6.45, 7) is -2.96. The fraction of sp³-hybridized carbons (Fsp3) is 0.364. The summed E-state index contributed by atoms with van der Waals surface area (Å²) in [4.78, 5) is 11.2. The highest BCUT2D eigenvalue weighted by Crippen LogP contribution is 2.25. The van der Waals surface area contributed by atoms with E-state index in [4.69, 9.17) is 17.3 Å². The van der Waals surface area contributed by atoms with Gasteiger partial charge in [-0.2, -0.15) is 8.78 Å². The van der Waals surface area contributed by atoms with E-state index >= 15 is 0 Å². The zero-order valence-electron chi connectivity index (χ0n) is 9.53. The van der Waals surface area contributed by atoms with Gasteiger partial charge in [0.05, 0.1) is 7.11 Å². The van der Waals surface area contributed by atoms with E-state index in [1.54, 1.807) is 0 Å². The number of halogens is 3. The van der Waals surface area contributed by atoms with E-state index in [0.717, 1.165) is 0 Å². The molecule has 0 bridgehead atoms. The Kier molecular flexibility index (Phi) is 5.30. The molecule has 0 aliphatic rings. The maximum Gasteiger partial charge on any atom is 0.387 e. The lowest BCUT2D eigenvalue weighted by Gasteiger charge is -2.14. The smallest absolute Gasteiger partial charge is 0.387 e. The quantitative estimate of drug-likeness (QED) is 0.837. The summed E-state index contributed by atoms with van der Waals surface area (Å²) < 4.78 is 33.1. The summed E-state index contributed by atoms with van der Waals surface area (Å²) >= 11 is 5.75. The maximum atomic E-state index is 12.2. The molecule has 1 aromatic rings. The number of alkyl halides is 2. The normalized spacial score (nSPS) is 12.3. The average Bonchev–Trinajstić information content (AvgIpc) is 2.31. The molecule has 1 rings (SSSR count). The monoisotopic (exact) mass is 279 g/mol. The first kappa shape index (κ1) is 14.7. The molecule has 0 aliphatic carbocycles. The second-order valence-corrected chi connectivity index (χ2v) is 3.90. The molecule has 0 radical (unpaired) electrons. The van der Waals surface area contributed by atoms with E-state index < -0.39 is 18.6 Å². The van der Waals surface area contributed by atoms with Crippen molar-refractivity contribution in [3.63, 3.8) is 0 Å². The molecule has 0 saturated heterocycles. The van der Waals surface area contributed by atoms with Gasteiger partial charge in [0.25, 0.3) is 0 Å². The first-order valence-corrected chi connectivity index (χ1v) is 5.38. The molecule has 2 N–H and O–H groups in total. The van der Waals surface area contributed by atoms with Crippen LogP contribution in [0.1, 0.15) is 5.56 Å². The average molecular weight is 280 g/mol. The second kappa shape index (κ2) is 6.51. The van der Waals surface area contributed by atoms with Crippen LogP contribution in [0.2, 0.25) is 5.02 Å². The molecule has 1 atom stereocenters. The summed E-state index contributed by atoms with van der Waals surface area (Å²) in [5, 5.41) is 0.337. The molecule has 0 aromatic heterocycles. The van der Waals surface area contributed by atoms with Crippen LogP contribution < -0.4 is 10.5 Å². The third kappa shape index (κ3) is 4.12. The Labute approximate surface area is 108 Å². The molecule has 0 aliphatic heterocycles. The van der Waals surface area contributed by atoms with Crippen molar-refractivity contribution in [3.8, 4) is 5.75 Å². The first-order valence-electron chi connectivity index (χ1n) is 5.00. The third-order valence-electron chi connectivity index (χ3n) is 2.18. The number of methoxy groups -OCH3 is 1. The lowest BCUT2D eigenvalue weighted by molar-refractivity contribution is -0.142. The third-order valence-corrected chi connectivity index (χ3v) is 2.42. The second-order valence-electron chi connectivity index (χ2n) is 3.46. The Morgan fingerprint density at radius 1 is 1.50 bits per heavy atom. The van der Waals surface area contributed by atoms with Gasteiger partial charge in [0.1, 0.15) is 11.8 Å². The van der Waals surface area contributed by atoms with Crippen molar-refractivity contribution < 1.29 is 23.0 Å². The molecular weight excluding hydrogens is 268 g/mol. The summed E-state index contributed by atoms with van der Waals surface area (Å²) in [7, 11) is 1.19. The van der Waals surface area contributed by atoms with Crippen molar-refractivity contribution >= 4 is 17.6 Å². The highest BCUT2D eigenvalue weighted by Gasteiger charge is 2.18. The van der Waals surface area contributed by atoms with Gasteiger partial charge in [-0.1, -0.05) is 11.6 Å². The van der Waals surface area contributed by atoms with Crippen molar-refractivity contribution in [1.29, 1.82) is 0 Å². The number of rotatable bonds is 5. The Bertz CT molecular complexity index is 429. The first-order chi connectivity index (χ1) is 8.43. The lowest BCUT2D eigenvalue weighted by atomic mass is 10.1. The lowest BCUT2D eigenvalue weighted by Crippen LogP contribution is -2.33. The fourth-order valence-electron chi connectivity index (χ4n) is 1.39. The van der Waals surface area contributed by atoms with Crippen molar-refractivity contribution in [3.05, 3.63) is 28.8 Å². The van der Waals surface area contributed by atoms with Crippen LogP contribution in [0.4, 0.5) is 8.78 Å². The van der Waals surface area contributed by atoms with Gasteiger partial charge >= 0.3 is 12.6 Å². The number of esters is 1. The van der Waals surface area contributed by atoms with Gasteiger partial charge in [-0.3, -0.25) is 4.79 Å². The molecule has 4 nitrogen and oxygen atoms in total. The molecule has 1 unspecified atom stereocenters. The summed E-state index contributed by atoms with van der Waals surface area (Å²) in [5.41, 5.74) is 5.87. The SMILES string of the molecule is COC(=O)C(N)Cc1cc(Cl)ccc1OC(F)F. The number of benzene rings is 1. The van der Waals surface area contributed by atoms with E-state index in [1.165, 1.54) is 25.3 Å². The predicted molar refractivity (Wildman–Crippen MR) is 61.8 cm³/mol. The van der Waals surface area contributed by atoms with Gasteiger partial charge < -0.3 is 15.2 Å². The Balaban J connectivity index is 2.91. The van der Waals surface area contributed by atoms with E-state index in [-0.39, 0.29) is 12.2 Å². The zero-order valence-corrected chi connectivity index (χ0v) is 10.3. The van der Waals surface area contributed by atoms with Gasteiger partial charge in [-0.25, -0.2) is 0 Å². The highest BCUT2D eigenvalue weighted by molar-refractivity contribution is 6.30. The van der Waals surface area contributed by atoms with E-state index in [1.807, 2.05) is 0 Å². The minimum Gasteiger partial charge on any atom is -0.468 e. The van der Waals surface area contributed by atoms with E-state index in [9.17, 15) is 13.6 Å². The Morgan fingerprint density at radius 2 is 2.17 bits per heavy atom. The molecule has 0 amide bonds. The van der Waals surface area contributed by atoms with Gasteiger partial charge in [-0.05, 0) is 23.8 Å². The van der Waals surface area contributed by atoms with Crippen LogP contribution in [0, 0.1) is 0 Å². The van der Waals surface area contributed by atoms with Crippen LogP contribution in [0.3, 0.4) is 0 Å². The van der Waals surface area contributed by atoms with Crippen molar-refractivity contribution in [2.45, 2.75) is 19.1 Å². The number of carbonyl (C=O) groups excluding carboxylic acids is 1. The van der Waals surface area contributed by atoms with Crippen LogP contribution in [0.25, 0.3) is 0 Å². The molecule has 0 saturated carbocycles. The van der Waals surface area contributed by atoms with Crippen LogP contribution in [-0.4, -0.2) is 25.7 Å². The Morgan fingerprint density at radius 3 is 2.72 bits per heavy atom. The molecule has 0 fully saturated rings. The fourth-order valence-corrected chi connectivity index (χ4v) is 1.58. The standard InChI is InChI=1S/C11H12ClF2NO3/c1-17-10(16)8(15)5-6-4-7(12)2-3-9(6)18-11(13)14/h2-4,8,11H,5,15H2,1H3. The van der Waals surface area contributed by atoms with Crippen LogP contribution in [0.15, 0.2) is 18.2 Å². The van der Waals surface area contributed by atoms with Crippen LogP contribution in [0.5, 0.6) is 5.75 Å². The number of hydrogen-bond acceptors (Lipinski definition) is 4. The largest absolute Gasteiger partial charge is 0.468 e. The molecule has 0 spiro atoms. The molecule has 7 heteroatoms. The van der Waals surface area contributed by atoms with Gasteiger partial charge in [0.2, 0.25) is 0 Å². The maximum absolute atomic E-state index is 12.2. The number of nitrogens with two attached hydrogens (primary N) is 1. The summed E-state index contributed by atoms with van der Waals surface area (Å²) in [5.74, 6) is -0.702. The molecule has 18 heavy (non-hydrogen) atoms. The van der Waals surface area contributed by atoms with Crippen LogP contribution >= 0.6 is 11.6 Å². The number of carbonyl (C=O) groups is 1. The topological polar surface area (TPSA) is 61.5 Å². The molecular formula is C11H12ClF2NO3. The van der Waals surface area contributed by atoms with Crippen molar-refractivity contribution in [1.82, 2.24) is 0 Å². The van der Waals surface area contributed by atoms with Gasteiger partial charge in [0.15, 0.2) is 0 Å². The molecule has 0 heterocycles. The summed E-state index contributed by atoms with van der Waals surface area (Å²) in [6, 6.07) is 3.16. The number of ether oxygens (including phenoxy) is 2.